The molecule has 9 rings (SSSR count). The number of carbonyl (C=O) groups is 5. The van der Waals surface area contributed by atoms with Crippen LogP contribution >= 0.6 is 11.6 Å². The second-order valence-electron chi connectivity index (χ2n) is 17.5. The van der Waals surface area contributed by atoms with E-state index in [2.05, 4.69) is 60.7 Å². The minimum absolute atomic E-state index is 0.0232. The fraction of sp³-hybridized carbons (Fsp3) is 0.409. The SMILES string of the molecule is [C-]#[N+]c1ccc(OC2C(C)(C)C(N3Cc4cc(C#CC5CC6(C5)CN(c5ccc7c(c5)C(=O)N(C5CCC(=O)NC5=O)C7=O)C6)ccc4C3=O)C2(C)C)cc1Cl. The summed E-state index contributed by atoms with van der Waals surface area (Å²) >= 11 is 6.29. The Kier molecular flexibility index (Phi) is 7.99. The Morgan fingerprint density at radius 1 is 0.875 bits per heavy atom. The summed E-state index contributed by atoms with van der Waals surface area (Å²) in [5, 5.41) is 2.59. The van der Waals surface area contributed by atoms with Gasteiger partial charge in [0.05, 0.1) is 22.7 Å². The average Bonchev–Trinajstić information content (AvgIpc) is 3.56. The highest BCUT2D eigenvalue weighted by molar-refractivity contribution is 6.33. The fourth-order valence-electron chi connectivity index (χ4n) is 10.8. The van der Waals surface area contributed by atoms with E-state index in [0.29, 0.717) is 34.1 Å². The minimum atomic E-state index is -0.983. The van der Waals surface area contributed by atoms with Gasteiger partial charge in [0.1, 0.15) is 17.9 Å². The molecule has 2 saturated carbocycles. The van der Waals surface area contributed by atoms with Crippen LogP contribution in [0.25, 0.3) is 4.85 Å². The van der Waals surface area contributed by atoms with Crippen LogP contribution in [-0.4, -0.2) is 70.6 Å². The summed E-state index contributed by atoms with van der Waals surface area (Å²) in [6.07, 6.45) is 1.98. The van der Waals surface area contributed by atoms with Crippen LogP contribution in [0.3, 0.4) is 0 Å². The molecular weight excluding hydrogens is 730 g/mol. The van der Waals surface area contributed by atoms with E-state index in [1.807, 2.05) is 23.1 Å². The number of piperidine rings is 1. The second-order valence-corrected chi connectivity index (χ2v) is 17.9. The van der Waals surface area contributed by atoms with Crippen molar-refractivity contribution in [3.8, 4) is 17.6 Å². The highest BCUT2D eigenvalue weighted by Crippen LogP contribution is 2.59. The molecule has 1 unspecified atom stereocenters. The number of anilines is 1. The van der Waals surface area contributed by atoms with Gasteiger partial charge in [0.2, 0.25) is 17.5 Å². The second kappa shape index (κ2) is 12.4. The van der Waals surface area contributed by atoms with E-state index in [4.69, 9.17) is 22.9 Å². The summed E-state index contributed by atoms with van der Waals surface area (Å²) in [6.45, 7) is 18.0. The van der Waals surface area contributed by atoms with E-state index in [1.165, 1.54) is 0 Å². The Bertz CT molecular complexity index is 2390. The lowest BCUT2D eigenvalue weighted by atomic mass is 9.49. The lowest BCUT2D eigenvalue weighted by molar-refractivity contribution is -0.199. The van der Waals surface area contributed by atoms with Gasteiger partial charge in [-0.2, -0.15) is 0 Å². The molecule has 3 aromatic carbocycles. The molecule has 11 nitrogen and oxygen atoms in total. The largest absolute Gasteiger partial charge is 0.489 e. The first-order valence-electron chi connectivity index (χ1n) is 19.0. The third-order valence-corrected chi connectivity index (χ3v) is 13.2. The molecule has 284 valence electrons. The van der Waals surface area contributed by atoms with Crippen LogP contribution in [0.4, 0.5) is 11.4 Å². The number of imide groups is 2. The van der Waals surface area contributed by atoms with Crippen molar-refractivity contribution in [3.63, 3.8) is 0 Å². The molecule has 2 saturated heterocycles. The van der Waals surface area contributed by atoms with Gasteiger partial charge in [0, 0.05) is 71.1 Å². The van der Waals surface area contributed by atoms with Gasteiger partial charge >= 0.3 is 0 Å². The summed E-state index contributed by atoms with van der Waals surface area (Å²) in [5.74, 6) is 5.74. The Morgan fingerprint density at radius 3 is 2.29 bits per heavy atom. The highest BCUT2D eigenvalue weighted by atomic mass is 35.5. The van der Waals surface area contributed by atoms with E-state index >= 15 is 0 Å². The van der Waals surface area contributed by atoms with E-state index in [1.54, 1.807) is 30.3 Å². The summed E-state index contributed by atoms with van der Waals surface area (Å²) in [6, 6.07) is 15.2. The minimum Gasteiger partial charge on any atom is -0.489 e. The van der Waals surface area contributed by atoms with Gasteiger partial charge in [-0.05, 0) is 73.4 Å². The first kappa shape index (κ1) is 36.0. The summed E-state index contributed by atoms with van der Waals surface area (Å²) in [5.41, 5.74) is 3.89. The van der Waals surface area contributed by atoms with Gasteiger partial charge in [-0.15, -0.1) is 0 Å². The molecule has 5 amide bonds. The average molecular weight is 770 g/mol. The molecule has 12 heteroatoms. The van der Waals surface area contributed by atoms with Crippen LogP contribution in [0.15, 0.2) is 54.6 Å². The summed E-state index contributed by atoms with van der Waals surface area (Å²) in [7, 11) is 0. The van der Waals surface area contributed by atoms with Crippen LogP contribution in [0, 0.1) is 40.6 Å². The monoisotopic (exact) mass is 769 g/mol. The number of nitrogens with zero attached hydrogens (tertiary/aromatic N) is 4. The molecule has 1 atom stereocenters. The fourth-order valence-corrected chi connectivity index (χ4v) is 11.0. The predicted octanol–water partition coefficient (Wildman–Crippen LogP) is 6.40. The van der Waals surface area contributed by atoms with Crippen LogP contribution in [0.1, 0.15) is 95.6 Å². The highest BCUT2D eigenvalue weighted by Gasteiger charge is 2.67. The molecule has 3 aromatic rings. The van der Waals surface area contributed by atoms with Crippen LogP contribution in [0.2, 0.25) is 5.02 Å². The molecule has 56 heavy (non-hydrogen) atoms. The Balaban J connectivity index is 0.808. The maximum atomic E-state index is 13.8. The van der Waals surface area contributed by atoms with Crippen molar-refractivity contribution in [2.75, 3.05) is 18.0 Å². The summed E-state index contributed by atoms with van der Waals surface area (Å²) < 4.78 is 6.47. The number of amides is 5. The van der Waals surface area contributed by atoms with Gasteiger partial charge in [0.15, 0.2) is 0 Å². The molecule has 1 N–H and O–H groups in total. The number of hydrogen-bond donors (Lipinski definition) is 1. The Labute approximate surface area is 330 Å². The lowest BCUT2D eigenvalue weighted by Gasteiger charge is -2.65. The van der Waals surface area contributed by atoms with Gasteiger partial charge in [-0.25, -0.2) is 4.85 Å². The first-order chi connectivity index (χ1) is 26.6. The van der Waals surface area contributed by atoms with Crippen molar-refractivity contribution in [1.29, 1.82) is 0 Å². The molecule has 6 aliphatic rings. The van der Waals surface area contributed by atoms with Crippen LogP contribution < -0.4 is 15.0 Å². The van der Waals surface area contributed by atoms with E-state index < -0.39 is 29.7 Å². The molecule has 4 aliphatic heterocycles. The smallest absolute Gasteiger partial charge is 0.262 e. The number of ether oxygens (including phenoxy) is 1. The predicted molar refractivity (Wildman–Crippen MR) is 207 cm³/mol. The van der Waals surface area contributed by atoms with Crippen LogP contribution in [-0.2, 0) is 16.1 Å². The number of fused-ring (bicyclic) bond motifs is 2. The third-order valence-electron chi connectivity index (χ3n) is 12.9. The first-order valence-corrected chi connectivity index (χ1v) is 19.4. The van der Waals surface area contributed by atoms with Gasteiger partial charge < -0.3 is 14.5 Å². The molecule has 2 aliphatic carbocycles. The zero-order chi connectivity index (χ0) is 39.5. The number of rotatable bonds is 5. The van der Waals surface area contributed by atoms with E-state index in [0.717, 1.165) is 47.6 Å². The van der Waals surface area contributed by atoms with Crippen molar-refractivity contribution in [2.24, 2.45) is 22.2 Å². The van der Waals surface area contributed by atoms with Crippen molar-refractivity contribution < 1.29 is 28.7 Å². The van der Waals surface area contributed by atoms with Crippen molar-refractivity contribution in [3.05, 3.63) is 98.9 Å². The zero-order valence-corrected chi connectivity index (χ0v) is 32.3. The zero-order valence-electron chi connectivity index (χ0n) is 31.6. The number of benzene rings is 3. The van der Waals surface area contributed by atoms with Crippen molar-refractivity contribution >= 4 is 52.5 Å². The maximum absolute atomic E-state index is 13.8. The molecular formula is C44H40ClN5O6. The molecule has 0 radical (unpaired) electrons. The maximum Gasteiger partial charge on any atom is 0.262 e. The number of hydrogen-bond acceptors (Lipinski definition) is 7. The Hall–Kier alpha value is -5.65. The van der Waals surface area contributed by atoms with Crippen molar-refractivity contribution in [2.45, 2.75) is 78.1 Å². The standard InChI is InChI=1S/C44H40ClN5O6/c1-42(2)40(43(3,4)41(42)56-28-10-13-33(46-5)32(45)18-28)49-21-26-16-24(8-11-29(26)37(49)53)6-7-25-19-44(20-25)22-48(23-44)27-9-12-30-31(17-27)39(55)50(38(30)54)34-14-15-35(51)47-36(34)52/h8-13,16-18,25,34,40-41H,14-15,19-23H2,1-4H3,(H,47,51,52). The molecule has 1 spiro atoms. The number of halogens is 1. The van der Waals surface area contributed by atoms with Crippen LogP contribution in [0.5, 0.6) is 5.75 Å². The van der Waals surface area contributed by atoms with Gasteiger partial charge in [0.25, 0.3) is 17.7 Å². The normalized spacial score (nSPS) is 25.3. The molecule has 4 heterocycles. The Morgan fingerprint density at radius 2 is 1.59 bits per heavy atom. The van der Waals surface area contributed by atoms with Crippen molar-refractivity contribution in [1.82, 2.24) is 15.1 Å². The third kappa shape index (κ3) is 5.43. The van der Waals surface area contributed by atoms with Gasteiger partial charge in [-0.3, -0.25) is 34.2 Å². The number of nitrogens with one attached hydrogen (secondary N) is 1. The topological polar surface area (TPSA) is 121 Å². The molecule has 0 bridgehead atoms. The summed E-state index contributed by atoms with van der Waals surface area (Å²) in [4.78, 5) is 72.8. The van der Waals surface area contributed by atoms with E-state index in [9.17, 15) is 24.0 Å². The lowest BCUT2D eigenvalue weighted by Crippen LogP contribution is -2.74. The quantitative estimate of drug-likeness (QED) is 0.181. The molecule has 4 fully saturated rings. The molecule has 0 aromatic heterocycles. The van der Waals surface area contributed by atoms with Gasteiger partial charge in [-0.1, -0.05) is 57.2 Å². The van der Waals surface area contributed by atoms with E-state index in [-0.39, 0.29) is 58.6 Å². The number of carbonyl (C=O) groups excluding carboxylic acids is 5.